The van der Waals surface area contributed by atoms with E-state index in [0.717, 1.165) is 31.3 Å². The van der Waals surface area contributed by atoms with Crippen molar-refractivity contribution < 1.29 is 14.9 Å². The van der Waals surface area contributed by atoms with E-state index < -0.39 is 6.10 Å². The summed E-state index contributed by atoms with van der Waals surface area (Å²) in [5.74, 6) is 0. The van der Waals surface area contributed by atoms with Crippen molar-refractivity contribution in [1.82, 2.24) is 0 Å². The van der Waals surface area contributed by atoms with E-state index in [2.05, 4.69) is 6.92 Å². The molecule has 0 fully saturated rings. The molecule has 3 nitrogen and oxygen atoms in total. The van der Waals surface area contributed by atoms with Gasteiger partial charge in [0.05, 0.1) is 17.8 Å². The van der Waals surface area contributed by atoms with E-state index in [-0.39, 0.29) is 11.7 Å². The molecule has 0 bridgehead atoms. The Bertz CT molecular complexity index is 389. The number of aliphatic hydroxyl groups excluding tert-OH is 2. The monoisotopic (exact) mass is 412 g/mol. The molecule has 0 aromatic rings. The largest absolute Gasteiger partial charge is 0.393 e. The fourth-order valence-corrected chi connectivity index (χ4v) is 4.27. The fourth-order valence-electron chi connectivity index (χ4n) is 4.27. The standard InChI is InChI=1S/C26H52O3/c1-6-9-10-17-20-23(27)21-18-15-13-11-12-14-16-19-22-25(28)24(7-2)26(4,5)29-8-3/h7,23,25,27-28H,6,8-22H2,1-5H3. The summed E-state index contributed by atoms with van der Waals surface area (Å²) in [4.78, 5) is 0. The lowest BCUT2D eigenvalue weighted by atomic mass is 9.89. The van der Waals surface area contributed by atoms with Gasteiger partial charge in [-0.15, -0.1) is 0 Å². The fraction of sp³-hybridized carbons (Fsp3) is 0.923. The summed E-state index contributed by atoms with van der Waals surface area (Å²) in [7, 11) is 0. The summed E-state index contributed by atoms with van der Waals surface area (Å²) in [6.07, 6.45) is 19.2. The summed E-state index contributed by atoms with van der Waals surface area (Å²) >= 11 is 0. The molecule has 0 aromatic carbocycles. The van der Waals surface area contributed by atoms with Gasteiger partial charge in [-0.25, -0.2) is 0 Å². The van der Waals surface area contributed by atoms with E-state index in [9.17, 15) is 10.2 Å². The van der Waals surface area contributed by atoms with Crippen molar-refractivity contribution in [3.63, 3.8) is 0 Å². The molecule has 0 rings (SSSR count). The van der Waals surface area contributed by atoms with E-state index in [4.69, 9.17) is 4.74 Å². The molecule has 0 aliphatic rings. The van der Waals surface area contributed by atoms with E-state index in [0.29, 0.717) is 6.61 Å². The zero-order valence-electron chi connectivity index (χ0n) is 20.3. The number of aliphatic hydroxyl groups is 2. The minimum Gasteiger partial charge on any atom is -0.393 e. The van der Waals surface area contributed by atoms with Gasteiger partial charge in [0, 0.05) is 6.61 Å². The molecule has 0 heterocycles. The van der Waals surface area contributed by atoms with Crippen LogP contribution in [0.1, 0.15) is 131 Å². The second-order valence-corrected chi connectivity index (χ2v) is 9.11. The lowest BCUT2D eigenvalue weighted by molar-refractivity contribution is 0.000308. The van der Waals surface area contributed by atoms with Crippen molar-refractivity contribution >= 4 is 0 Å². The average molecular weight is 413 g/mol. The van der Waals surface area contributed by atoms with E-state index in [1.807, 2.05) is 33.8 Å². The first-order valence-electron chi connectivity index (χ1n) is 12.6. The van der Waals surface area contributed by atoms with Gasteiger partial charge >= 0.3 is 0 Å². The van der Waals surface area contributed by atoms with Crippen molar-refractivity contribution in [1.29, 1.82) is 0 Å². The van der Waals surface area contributed by atoms with Crippen LogP contribution < -0.4 is 0 Å². The molecule has 0 radical (unpaired) electrons. The summed E-state index contributed by atoms with van der Waals surface area (Å²) in [5, 5.41) is 20.5. The summed E-state index contributed by atoms with van der Waals surface area (Å²) in [6, 6.07) is 0. The zero-order valence-corrected chi connectivity index (χ0v) is 20.3. The predicted octanol–water partition coefficient (Wildman–Crippen LogP) is 7.34. The molecule has 0 aromatic heterocycles. The molecule has 2 unspecified atom stereocenters. The highest BCUT2D eigenvalue weighted by Gasteiger charge is 2.27. The molecule has 0 aliphatic heterocycles. The highest BCUT2D eigenvalue weighted by Crippen LogP contribution is 2.26. The Hall–Kier alpha value is -0.380. The number of allylic oxidation sites excluding steroid dienone is 1. The highest BCUT2D eigenvalue weighted by atomic mass is 16.5. The number of unbranched alkanes of at least 4 members (excludes halogenated alkanes) is 10. The Morgan fingerprint density at radius 1 is 0.759 bits per heavy atom. The lowest BCUT2D eigenvalue weighted by Crippen LogP contribution is -2.33. The molecule has 2 N–H and O–H groups in total. The van der Waals surface area contributed by atoms with Crippen LogP contribution in [-0.4, -0.2) is 34.6 Å². The molecule has 0 saturated carbocycles. The molecular weight excluding hydrogens is 360 g/mol. The van der Waals surface area contributed by atoms with Gasteiger partial charge in [-0.2, -0.15) is 0 Å². The quantitative estimate of drug-likeness (QED) is 0.162. The van der Waals surface area contributed by atoms with Gasteiger partial charge in [0.25, 0.3) is 0 Å². The van der Waals surface area contributed by atoms with Crippen LogP contribution in [0.4, 0.5) is 0 Å². The SMILES string of the molecule is CC=C(C(O)CCCCCCCCCCC(O)CCCCCC)C(C)(C)OCC. The second kappa shape index (κ2) is 18.4. The minimum atomic E-state index is -0.394. The van der Waals surface area contributed by atoms with Gasteiger partial charge in [-0.1, -0.05) is 90.0 Å². The Morgan fingerprint density at radius 3 is 1.66 bits per heavy atom. The van der Waals surface area contributed by atoms with Crippen LogP contribution in [0, 0.1) is 0 Å². The minimum absolute atomic E-state index is 0.0759. The van der Waals surface area contributed by atoms with Gasteiger partial charge < -0.3 is 14.9 Å². The highest BCUT2D eigenvalue weighted by molar-refractivity contribution is 5.18. The summed E-state index contributed by atoms with van der Waals surface area (Å²) in [5.41, 5.74) is 0.623. The van der Waals surface area contributed by atoms with Crippen LogP contribution >= 0.6 is 0 Å². The normalized spacial score (nSPS) is 14.9. The summed E-state index contributed by atoms with van der Waals surface area (Å²) in [6.45, 7) is 11.0. The second-order valence-electron chi connectivity index (χ2n) is 9.11. The molecule has 2 atom stereocenters. The van der Waals surface area contributed by atoms with Crippen molar-refractivity contribution in [2.75, 3.05) is 6.61 Å². The molecule has 0 aliphatic carbocycles. The number of hydrogen-bond donors (Lipinski definition) is 2. The average Bonchev–Trinajstić information content (AvgIpc) is 2.67. The molecule has 0 saturated heterocycles. The van der Waals surface area contributed by atoms with Crippen LogP contribution in [0.3, 0.4) is 0 Å². The number of rotatable bonds is 20. The first-order chi connectivity index (χ1) is 13.9. The Labute approximate surface area is 182 Å². The van der Waals surface area contributed by atoms with Gasteiger partial charge in [0.15, 0.2) is 0 Å². The van der Waals surface area contributed by atoms with Gasteiger partial charge in [-0.3, -0.25) is 0 Å². The van der Waals surface area contributed by atoms with Crippen molar-refractivity contribution in [3.05, 3.63) is 11.6 Å². The van der Waals surface area contributed by atoms with E-state index in [1.165, 1.54) is 70.6 Å². The topological polar surface area (TPSA) is 49.7 Å². The van der Waals surface area contributed by atoms with Crippen LogP contribution in [0.5, 0.6) is 0 Å². The van der Waals surface area contributed by atoms with Crippen LogP contribution in [0.15, 0.2) is 11.6 Å². The Kier molecular flexibility index (Phi) is 18.2. The third-order valence-electron chi connectivity index (χ3n) is 6.03. The Balaban J connectivity index is 3.61. The Morgan fingerprint density at radius 2 is 1.21 bits per heavy atom. The third kappa shape index (κ3) is 15.1. The maximum atomic E-state index is 10.5. The molecule has 29 heavy (non-hydrogen) atoms. The number of hydrogen-bond acceptors (Lipinski definition) is 3. The molecule has 0 amide bonds. The maximum Gasteiger partial charge on any atom is 0.0859 e. The number of ether oxygens (including phenoxy) is 1. The van der Waals surface area contributed by atoms with Crippen molar-refractivity contribution in [2.24, 2.45) is 0 Å². The van der Waals surface area contributed by atoms with Crippen LogP contribution in [0.25, 0.3) is 0 Å². The molecular formula is C26H52O3. The van der Waals surface area contributed by atoms with Gasteiger partial charge in [-0.05, 0) is 52.5 Å². The van der Waals surface area contributed by atoms with Gasteiger partial charge in [0.1, 0.15) is 0 Å². The molecule has 3 heteroatoms. The molecule has 174 valence electrons. The maximum absolute atomic E-state index is 10.5. The van der Waals surface area contributed by atoms with Crippen LogP contribution in [0.2, 0.25) is 0 Å². The van der Waals surface area contributed by atoms with E-state index >= 15 is 0 Å². The predicted molar refractivity (Wildman–Crippen MR) is 126 cm³/mol. The van der Waals surface area contributed by atoms with Gasteiger partial charge in [0.2, 0.25) is 0 Å². The van der Waals surface area contributed by atoms with Crippen molar-refractivity contribution in [3.8, 4) is 0 Å². The first-order valence-corrected chi connectivity index (χ1v) is 12.6. The third-order valence-corrected chi connectivity index (χ3v) is 6.03. The van der Waals surface area contributed by atoms with Crippen LogP contribution in [-0.2, 0) is 4.74 Å². The lowest BCUT2D eigenvalue weighted by Gasteiger charge is -2.31. The zero-order chi connectivity index (χ0) is 22.0. The first kappa shape index (κ1) is 28.6. The summed E-state index contributed by atoms with van der Waals surface area (Å²) < 4.78 is 5.79. The van der Waals surface area contributed by atoms with E-state index in [1.54, 1.807) is 0 Å². The van der Waals surface area contributed by atoms with Crippen molar-refractivity contribution in [2.45, 2.75) is 149 Å². The smallest absolute Gasteiger partial charge is 0.0859 e. The molecule has 0 spiro atoms.